The van der Waals surface area contributed by atoms with E-state index in [0.29, 0.717) is 19.4 Å². The maximum absolute atomic E-state index is 12.1. The van der Waals surface area contributed by atoms with Gasteiger partial charge in [-0.25, -0.2) is 4.79 Å². The Morgan fingerprint density at radius 1 is 1.07 bits per heavy atom. The lowest BCUT2D eigenvalue weighted by Gasteiger charge is -2.33. The first kappa shape index (κ1) is 20.7. The number of nitrogens with zero attached hydrogens (tertiary/aromatic N) is 1. The van der Waals surface area contributed by atoms with E-state index in [2.05, 4.69) is 10.6 Å². The number of rotatable bonds is 8. The third kappa shape index (κ3) is 6.27. The van der Waals surface area contributed by atoms with Crippen molar-refractivity contribution in [1.82, 2.24) is 15.5 Å². The van der Waals surface area contributed by atoms with Gasteiger partial charge in [0, 0.05) is 33.1 Å². The van der Waals surface area contributed by atoms with Gasteiger partial charge in [0.25, 0.3) is 0 Å². The number of hydrogen-bond acceptors (Lipinski definition) is 3. The Morgan fingerprint density at radius 3 is 2.37 bits per heavy atom. The number of urea groups is 1. The third-order valence-corrected chi connectivity index (χ3v) is 5.13. The molecule has 1 fully saturated rings. The molecule has 7 nitrogen and oxygen atoms in total. The van der Waals surface area contributed by atoms with Crippen molar-refractivity contribution in [1.29, 1.82) is 0 Å². The molecule has 0 saturated heterocycles. The minimum absolute atomic E-state index is 0.126. The van der Waals surface area contributed by atoms with Gasteiger partial charge in [0.1, 0.15) is 0 Å². The number of amides is 3. The van der Waals surface area contributed by atoms with Crippen molar-refractivity contribution < 1.29 is 19.5 Å². The van der Waals surface area contributed by atoms with Crippen LogP contribution in [0.25, 0.3) is 0 Å². The Labute approximate surface area is 160 Å². The van der Waals surface area contributed by atoms with Crippen molar-refractivity contribution in [3.63, 3.8) is 0 Å². The summed E-state index contributed by atoms with van der Waals surface area (Å²) < 4.78 is 0. The molecule has 0 spiro atoms. The van der Waals surface area contributed by atoms with E-state index in [0.717, 1.165) is 24.8 Å². The topological polar surface area (TPSA) is 98.7 Å². The molecule has 1 aromatic rings. The van der Waals surface area contributed by atoms with Crippen LogP contribution in [0.15, 0.2) is 30.3 Å². The lowest BCUT2D eigenvalue weighted by molar-refractivity contribution is -0.151. The van der Waals surface area contributed by atoms with Crippen molar-refractivity contribution in [3.05, 3.63) is 35.9 Å². The van der Waals surface area contributed by atoms with Crippen LogP contribution in [0, 0.1) is 5.41 Å². The average Bonchev–Trinajstić information content (AvgIpc) is 2.67. The number of carbonyl (C=O) groups excluding carboxylic acids is 2. The van der Waals surface area contributed by atoms with Crippen LogP contribution in [0.3, 0.4) is 0 Å². The van der Waals surface area contributed by atoms with E-state index in [1.165, 1.54) is 0 Å². The van der Waals surface area contributed by atoms with Crippen LogP contribution in [0.1, 0.15) is 44.1 Å². The van der Waals surface area contributed by atoms with E-state index < -0.39 is 11.4 Å². The summed E-state index contributed by atoms with van der Waals surface area (Å²) in [5.74, 6) is -1.08. The second-order valence-electron chi connectivity index (χ2n) is 7.25. The van der Waals surface area contributed by atoms with E-state index in [4.69, 9.17) is 0 Å². The Bertz CT molecular complexity index is 642. The van der Waals surface area contributed by atoms with Crippen LogP contribution in [0.4, 0.5) is 4.79 Å². The summed E-state index contributed by atoms with van der Waals surface area (Å²) in [5.41, 5.74) is 0.187. The second kappa shape index (κ2) is 9.94. The largest absolute Gasteiger partial charge is 0.481 e. The molecule has 0 aliphatic heterocycles. The molecular formula is C20H29N3O4. The molecule has 2 rings (SSSR count). The van der Waals surface area contributed by atoms with Crippen molar-refractivity contribution in [2.45, 2.75) is 45.1 Å². The molecule has 0 bridgehead atoms. The van der Waals surface area contributed by atoms with Crippen LogP contribution >= 0.6 is 0 Å². The molecule has 27 heavy (non-hydrogen) atoms. The highest BCUT2D eigenvalue weighted by Crippen LogP contribution is 2.35. The summed E-state index contributed by atoms with van der Waals surface area (Å²) in [5, 5.41) is 15.0. The van der Waals surface area contributed by atoms with Gasteiger partial charge in [-0.2, -0.15) is 0 Å². The summed E-state index contributed by atoms with van der Waals surface area (Å²) in [6.45, 7) is 0.854. The van der Waals surface area contributed by atoms with Crippen molar-refractivity contribution in [3.8, 4) is 0 Å². The first-order valence-corrected chi connectivity index (χ1v) is 9.46. The van der Waals surface area contributed by atoms with E-state index in [-0.39, 0.29) is 31.4 Å². The van der Waals surface area contributed by atoms with E-state index in [9.17, 15) is 19.5 Å². The van der Waals surface area contributed by atoms with Crippen molar-refractivity contribution in [2.24, 2.45) is 5.41 Å². The van der Waals surface area contributed by atoms with Crippen LogP contribution in [-0.4, -0.2) is 48.1 Å². The summed E-state index contributed by atoms with van der Waals surface area (Å²) in [6, 6.07) is 9.40. The first-order chi connectivity index (χ1) is 12.9. The molecule has 0 aromatic heterocycles. The van der Waals surface area contributed by atoms with Gasteiger partial charge in [-0.15, -0.1) is 0 Å². The molecule has 1 aromatic carbocycles. The number of nitrogens with one attached hydrogen (secondary N) is 2. The Hall–Kier alpha value is -2.57. The number of aliphatic carboxylic acids is 1. The maximum atomic E-state index is 12.1. The smallest absolute Gasteiger partial charge is 0.317 e. The van der Waals surface area contributed by atoms with Gasteiger partial charge in [-0.3, -0.25) is 9.59 Å². The molecule has 0 heterocycles. The highest BCUT2D eigenvalue weighted by atomic mass is 16.4. The van der Waals surface area contributed by atoms with Crippen LogP contribution in [-0.2, 0) is 16.1 Å². The minimum Gasteiger partial charge on any atom is -0.481 e. The molecule has 1 saturated carbocycles. The van der Waals surface area contributed by atoms with E-state index in [1.807, 2.05) is 30.3 Å². The molecular weight excluding hydrogens is 346 g/mol. The zero-order chi connectivity index (χ0) is 19.7. The standard InChI is InChI=1S/C20H29N3O4/c1-23(14-16-8-4-2-5-9-16)19(27)21-13-10-17(24)22-15-20(18(25)26)11-6-3-7-12-20/h2,4-5,8-9H,3,6-7,10-15H2,1H3,(H,21,27)(H,22,24)(H,25,26). The Kier molecular flexibility index (Phi) is 7.64. The quantitative estimate of drug-likeness (QED) is 0.650. The monoisotopic (exact) mass is 375 g/mol. The fourth-order valence-corrected chi connectivity index (χ4v) is 3.40. The minimum atomic E-state index is -0.840. The van der Waals surface area contributed by atoms with E-state index in [1.54, 1.807) is 11.9 Å². The van der Waals surface area contributed by atoms with Gasteiger partial charge < -0.3 is 20.6 Å². The van der Waals surface area contributed by atoms with Gasteiger partial charge in [0.2, 0.25) is 5.91 Å². The highest BCUT2D eigenvalue weighted by molar-refractivity contribution is 5.80. The molecule has 0 atom stereocenters. The number of hydrogen-bond donors (Lipinski definition) is 3. The van der Waals surface area contributed by atoms with Gasteiger partial charge in [-0.05, 0) is 18.4 Å². The molecule has 1 aliphatic rings. The number of benzene rings is 1. The third-order valence-electron chi connectivity index (χ3n) is 5.13. The van der Waals surface area contributed by atoms with Crippen molar-refractivity contribution >= 4 is 17.9 Å². The average molecular weight is 375 g/mol. The second-order valence-corrected chi connectivity index (χ2v) is 7.25. The zero-order valence-corrected chi connectivity index (χ0v) is 15.9. The Morgan fingerprint density at radius 2 is 1.74 bits per heavy atom. The molecule has 148 valence electrons. The van der Waals surface area contributed by atoms with Crippen LogP contribution in [0.2, 0.25) is 0 Å². The molecule has 7 heteroatoms. The lowest BCUT2D eigenvalue weighted by Crippen LogP contribution is -2.45. The van der Waals surface area contributed by atoms with E-state index >= 15 is 0 Å². The predicted molar refractivity (Wildman–Crippen MR) is 102 cm³/mol. The fraction of sp³-hybridized carbons (Fsp3) is 0.550. The SMILES string of the molecule is CN(Cc1ccccc1)C(=O)NCCC(=O)NCC1(C(=O)O)CCCCC1. The maximum Gasteiger partial charge on any atom is 0.317 e. The van der Waals surface area contributed by atoms with Crippen LogP contribution in [0.5, 0.6) is 0 Å². The molecule has 3 amide bonds. The normalized spacial score (nSPS) is 15.6. The summed E-state index contributed by atoms with van der Waals surface area (Å²) in [4.78, 5) is 37.3. The lowest BCUT2D eigenvalue weighted by atomic mass is 9.74. The van der Waals surface area contributed by atoms with Gasteiger partial charge in [-0.1, -0.05) is 49.6 Å². The Balaban J connectivity index is 1.69. The molecule has 1 aliphatic carbocycles. The van der Waals surface area contributed by atoms with Gasteiger partial charge >= 0.3 is 12.0 Å². The number of carboxylic acids is 1. The first-order valence-electron chi connectivity index (χ1n) is 9.46. The highest BCUT2D eigenvalue weighted by Gasteiger charge is 2.39. The van der Waals surface area contributed by atoms with Gasteiger partial charge in [0.05, 0.1) is 5.41 Å². The summed E-state index contributed by atoms with van der Waals surface area (Å²) in [7, 11) is 1.70. The van der Waals surface area contributed by atoms with Gasteiger partial charge in [0.15, 0.2) is 0 Å². The molecule has 0 radical (unpaired) electrons. The number of carboxylic acid groups (broad SMARTS) is 1. The fourth-order valence-electron chi connectivity index (χ4n) is 3.40. The predicted octanol–water partition coefficient (Wildman–Crippen LogP) is 2.37. The summed E-state index contributed by atoms with van der Waals surface area (Å²) >= 11 is 0. The van der Waals surface area contributed by atoms with Crippen molar-refractivity contribution in [2.75, 3.05) is 20.1 Å². The van der Waals surface area contributed by atoms with Crippen LogP contribution < -0.4 is 10.6 Å². The summed E-state index contributed by atoms with van der Waals surface area (Å²) in [6.07, 6.45) is 4.14. The zero-order valence-electron chi connectivity index (χ0n) is 15.9. The molecule has 3 N–H and O–H groups in total. The number of carbonyl (C=O) groups is 3. The molecule has 0 unspecified atom stereocenters.